The fourth-order valence-corrected chi connectivity index (χ4v) is 1.89. The highest BCUT2D eigenvalue weighted by Crippen LogP contribution is 2.11. The van der Waals surface area contributed by atoms with Gasteiger partial charge < -0.3 is 16.0 Å². The van der Waals surface area contributed by atoms with Gasteiger partial charge in [-0.25, -0.2) is 9.37 Å². The summed E-state index contributed by atoms with van der Waals surface area (Å²) < 4.78 is 13.5. The third kappa shape index (κ3) is 2.54. The van der Waals surface area contributed by atoms with Crippen molar-refractivity contribution in [1.82, 2.24) is 15.3 Å². The van der Waals surface area contributed by atoms with Crippen LogP contribution in [0.4, 0.5) is 10.2 Å². The Morgan fingerprint density at radius 2 is 2.39 bits per heavy atom. The molecule has 0 aliphatic carbocycles. The first-order valence-electron chi connectivity index (χ1n) is 4.93. The number of anilines is 1. The van der Waals surface area contributed by atoms with Crippen LogP contribution >= 0.6 is 11.3 Å². The maximum absolute atomic E-state index is 13.5. The number of aromatic nitrogens is 2. The number of hydrogen-bond donors (Lipinski definition) is 3. The maximum atomic E-state index is 13.5. The molecule has 18 heavy (non-hydrogen) atoms. The minimum absolute atomic E-state index is 0.110. The SMILES string of the molecule is Nc1nccc(C(=O)NCc2csc(=O)[nH]2)c1F. The molecule has 0 saturated heterocycles. The first-order valence-corrected chi connectivity index (χ1v) is 5.80. The van der Waals surface area contributed by atoms with Crippen LogP contribution in [0.2, 0.25) is 0 Å². The Bertz CT molecular complexity index is 637. The van der Waals surface area contributed by atoms with Crippen LogP contribution in [0, 0.1) is 5.82 Å². The van der Waals surface area contributed by atoms with Crippen molar-refractivity contribution in [2.24, 2.45) is 0 Å². The van der Waals surface area contributed by atoms with Crippen LogP contribution in [0.1, 0.15) is 16.1 Å². The second kappa shape index (κ2) is 4.96. The van der Waals surface area contributed by atoms with Crippen molar-refractivity contribution in [3.8, 4) is 0 Å². The molecule has 2 rings (SSSR count). The number of nitrogens with zero attached hydrogens (tertiary/aromatic N) is 1. The van der Waals surface area contributed by atoms with E-state index in [0.717, 1.165) is 11.3 Å². The van der Waals surface area contributed by atoms with Gasteiger partial charge in [-0.15, -0.1) is 0 Å². The number of thiazole rings is 1. The molecule has 2 heterocycles. The van der Waals surface area contributed by atoms with Gasteiger partial charge >= 0.3 is 4.87 Å². The third-order valence-corrected chi connectivity index (χ3v) is 2.89. The topological polar surface area (TPSA) is 101 Å². The summed E-state index contributed by atoms with van der Waals surface area (Å²) in [6, 6.07) is 1.23. The summed E-state index contributed by atoms with van der Waals surface area (Å²) in [7, 11) is 0. The highest BCUT2D eigenvalue weighted by Gasteiger charge is 2.14. The molecule has 0 aromatic carbocycles. The molecule has 2 aromatic rings. The third-order valence-electron chi connectivity index (χ3n) is 2.17. The quantitative estimate of drug-likeness (QED) is 0.753. The molecular weight excluding hydrogens is 259 g/mol. The minimum atomic E-state index is -0.853. The van der Waals surface area contributed by atoms with E-state index in [2.05, 4.69) is 15.3 Å². The number of carbonyl (C=O) groups excluding carboxylic acids is 1. The number of amides is 1. The van der Waals surface area contributed by atoms with E-state index in [9.17, 15) is 14.0 Å². The van der Waals surface area contributed by atoms with Crippen molar-refractivity contribution in [2.45, 2.75) is 6.54 Å². The van der Waals surface area contributed by atoms with E-state index >= 15 is 0 Å². The van der Waals surface area contributed by atoms with Gasteiger partial charge in [-0.2, -0.15) is 0 Å². The number of carbonyl (C=O) groups is 1. The summed E-state index contributed by atoms with van der Waals surface area (Å²) in [5.41, 5.74) is 5.63. The summed E-state index contributed by atoms with van der Waals surface area (Å²) in [6.07, 6.45) is 1.25. The molecule has 0 aliphatic heterocycles. The van der Waals surface area contributed by atoms with E-state index in [1.54, 1.807) is 5.38 Å². The van der Waals surface area contributed by atoms with Crippen molar-refractivity contribution >= 4 is 23.1 Å². The predicted molar refractivity (Wildman–Crippen MR) is 64.7 cm³/mol. The summed E-state index contributed by atoms with van der Waals surface area (Å²) >= 11 is 0.991. The zero-order chi connectivity index (χ0) is 13.1. The largest absolute Gasteiger partial charge is 0.381 e. The standard InChI is InChI=1S/C10H9FN4O2S/c11-7-6(1-2-13-8(7)12)9(16)14-3-5-4-18-10(17)15-5/h1-2,4H,3H2,(H2,12,13)(H,14,16)(H,15,17). The van der Waals surface area contributed by atoms with Gasteiger partial charge in [0, 0.05) is 17.3 Å². The highest BCUT2D eigenvalue weighted by molar-refractivity contribution is 7.07. The highest BCUT2D eigenvalue weighted by atomic mass is 32.1. The molecule has 0 radical (unpaired) electrons. The van der Waals surface area contributed by atoms with Gasteiger partial charge in [-0.05, 0) is 6.07 Å². The first kappa shape index (κ1) is 12.2. The van der Waals surface area contributed by atoms with E-state index in [1.165, 1.54) is 12.3 Å². The van der Waals surface area contributed by atoms with Crippen molar-refractivity contribution in [2.75, 3.05) is 5.73 Å². The van der Waals surface area contributed by atoms with Gasteiger partial charge in [0.25, 0.3) is 5.91 Å². The first-order chi connectivity index (χ1) is 8.58. The van der Waals surface area contributed by atoms with Gasteiger partial charge in [0.15, 0.2) is 11.6 Å². The molecule has 2 aromatic heterocycles. The zero-order valence-corrected chi connectivity index (χ0v) is 9.88. The number of rotatable bonds is 3. The van der Waals surface area contributed by atoms with Crippen molar-refractivity contribution in [3.63, 3.8) is 0 Å². The molecule has 6 nitrogen and oxygen atoms in total. The smallest absolute Gasteiger partial charge is 0.304 e. The lowest BCUT2D eigenvalue weighted by molar-refractivity contribution is 0.0946. The lowest BCUT2D eigenvalue weighted by Gasteiger charge is -2.05. The van der Waals surface area contributed by atoms with Crippen LogP contribution < -0.4 is 15.9 Å². The number of hydrogen-bond acceptors (Lipinski definition) is 5. The predicted octanol–water partition coefficient (Wildman–Crippen LogP) is 0.483. The van der Waals surface area contributed by atoms with E-state index in [0.29, 0.717) is 5.69 Å². The monoisotopic (exact) mass is 268 g/mol. The van der Waals surface area contributed by atoms with Crippen LogP contribution in [0.25, 0.3) is 0 Å². The Hall–Kier alpha value is -2.22. The molecule has 0 aliphatic rings. The number of aromatic amines is 1. The van der Waals surface area contributed by atoms with Gasteiger partial charge in [-0.3, -0.25) is 9.59 Å². The summed E-state index contributed by atoms with van der Waals surface area (Å²) in [6.45, 7) is 0.110. The fraction of sp³-hybridized carbons (Fsp3) is 0.100. The molecule has 0 unspecified atom stereocenters. The van der Waals surface area contributed by atoms with Gasteiger partial charge in [0.1, 0.15) is 0 Å². The number of pyridine rings is 1. The van der Waals surface area contributed by atoms with Crippen LogP contribution in [0.15, 0.2) is 22.4 Å². The van der Waals surface area contributed by atoms with Crippen molar-refractivity contribution < 1.29 is 9.18 Å². The molecule has 1 amide bonds. The molecule has 0 spiro atoms. The lowest BCUT2D eigenvalue weighted by Crippen LogP contribution is -2.24. The van der Waals surface area contributed by atoms with E-state index < -0.39 is 11.7 Å². The van der Waals surface area contributed by atoms with E-state index in [4.69, 9.17) is 5.73 Å². The normalized spacial score (nSPS) is 10.3. The lowest BCUT2D eigenvalue weighted by atomic mass is 10.2. The van der Waals surface area contributed by atoms with Crippen molar-refractivity contribution in [1.29, 1.82) is 0 Å². The average molecular weight is 268 g/mol. The van der Waals surface area contributed by atoms with Crippen LogP contribution in [0.3, 0.4) is 0 Å². The van der Waals surface area contributed by atoms with E-state index in [1.807, 2.05) is 0 Å². The molecule has 94 valence electrons. The minimum Gasteiger partial charge on any atom is -0.381 e. The Kier molecular flexibility index (Phi) is 3.38. The van der Waals surface area contributed by atoms with Gasteiger partial charge in [-0.1, -0.05) is 11.3 Å². The summed E-state index contributed by atoms with van der Waals surface area (Å²) in [5.74, 6) is -1.80. The molecule has 8 heteroatoms. The Morgan fingerprint density at radius 3 is 3.06 bits per heavy atom. The molecule has 4 N–H and O–H groups in total. The molecular formula is C10H9FN4O2S. The maximum Gasteiger partial charge on any atom is 0.304 e. The molecule has 0 fully saturated rings. The number of nitrogens with two attached hydrogens (primary N) is 1. The van der Waals surface area contributed by atoms with Crippen LogP contribution in [-0.4, -0.2) is 15.9 Å². The molecule has 0 atom stereocenters. The van der Waals surface area contributed by atoms with Gasteiger partial charge in [0.2, 0.25) is 0 Å². The molecule has 0 saturated carbocycles. The van der Waals surface area contributed by atoms with Gasteiger partial charge in [0.05, 0.1) is 12.1 Å². The summed E-state index contributed by atoms with van der Waals surface area (Å²) in [5, 5.41) is 4.05. The Morgan fingerprint density at radius 1 is 1.61 bits per heavy atom. The number of nitrogens with one attached hydrogen (secondary N) is 2. The number of H-pyrrole nitrogens is 1. The summed E-state index contributed by atoms with van der Waals surface area (Å²) in [4.78, 5) is 28.4. The van der Waals surface area contributed by atoms with Crippen LogP contribution in [-0.2, 0) is 6.54 Å². The number of halogens is 1. The van der Waals surface area contributed by atoms with Crippen molar-refractivity contribution in [3.05, 3.63) is 44.4 Å². The second-order valence-electron chi connectivity index (χ2n) is 3.41. The van der Waals surface area contributed by atoms with E-state index in [-0.39, 0.29) is 22.8 Å². The van der Waals surface area contributed by atoms with Crippen LogP contribution in [0.5, 0.6) is 0 Å². The zero-order valence-electron chi connectivity index (χ0n) is 9.07. The molecule has 0 bridgehead atoms. The Balaban J connectivity index is 2.08. The Labute approximate surface area is 105 Å². The fourth-order valence-electron chi connectivity index (χ4n) is 1.31. The second-order valence-corrected chi connectivity index (χ2v) is 4.26. The average Bonchev–Trinajstić information content (AvgIpc) is 2.76. The number of nitrogen functional groups attached to an aromatic ring is 1.